The van der Waals surface area contributed by atoms with E-state index in [4.69, 9.17) is 4.74 Å². The van der Waals surface area contributed by atoms with Gasteiger partial charge < -0.3 is 14.2 Å². The molecule has 1 unspecified atom stereocenters. The van der Waals surface area contributed by atoms with Crippen molar-refractivity contribution in [2.24, 2.45) is 5.92 Å². The van der Waals surface area contributed by atoms with Crippen LogP contribution >= 0.6 is 0 Å². The van der Waals surface area contributed by atoms with Crippen molar-refractivity contribution in [3.8, 4) is 11.4 Å². The molecule has 28 heavy (non-hydrogen) atoms. The number of halogens is 3. The van der Waals surface area contributed by atoms with Crippen LogP contribution in [0.15, 0.2) is 28.8 Å². The molecule has 0 aliphatic heterocycles. The second-order valence-electron chi connectivity index (χ2n) is 6.74. The number of nitrogens with zero attached hydrogens (tertiary/aromatic N) is 3. The van der Waals surface area contributed by atoms with Gasteiger partial charge in [-0.3, -0.25) is 4.79 Å². The van der Waals surface area contributed by atoms with Crippen LogP contribution in [0, 0.1) is 5.92 Å². The topological polar surface area (TPSA) is 68.5 Å². The summed E-state index contributed by atoms with van der Waals surface area (Å²) in [4.78, 5) is 17.9. The molecule has 0 bridgehead atoms. The molecule has 1 aromatic carbocycles. The number of hydrogen-bond acceptors (Lipinski definition) is 5. The third-order valence-corrected chi connectivity index (χ3v) is 4.35. The summed E-state index contributed by atoms with van der Waals surface area (Å²) in [6, 6.07) is 6.67. The quantitative estimate of drug-likeness (QED) is 0.667. The Morgan fingerprint density at radius 1 is 1.25 bits per heavy atom. The minimum atomic E-state index is -4.68. The molecule has 0 saturated carbocycles. The molecule has 2 aromatic rings. The largest absolute Gasteiger partial charge is 0.471 e. The first-order valence-corrected chi connectivity index (χ1v) is 8.97. The molecule has 1 atom stereocenters. The van der Waals surface area contributed by atoms with E-state index in [-0.39, 0.29) is 23.7 Å². The summed E-state index contributed by atoms with van der Waals surface area (Å²) in [5.41, 5.74) is 1.24. The molecule has 2 rings (SSSR count). The van der Waals surface area contributed by atoms with Crippen molar-refractivity contribution in [2.75, 3.05) is 13.7 Å². The number of aromatic nitrogens is 2. The van der Waals surface area contributed by atoms with Crippen molar-refractivity contribution in [1.29, 1.82) is 0 Å². The number of amides is 1. The van der Waals surface area contributed by atoms with E-state index in [9.17, 15) is 18.0 Å². The van der Waals surface area contributed by atoms with E-state index in [0.29, 0.717) is 25.1 Å². The number of carbonyl (C=O) groups excluding carboxylic acids is 1. The highest BCUT2D eigenvalue weighted by atomic mass is 19.4. The van der Waals surface area contributed by atoms with Crippen LogP contribution in [-0.2, 0) is 22.3 Å². The van der Waals surface area contributed by atoms with Crippen LogP contribution in [-0.4, -0.2) is 40.7 Å². The second kappa shape index (κ2) is 9.18. The van der Waals surface area contributed by atoms with Gasteiger partial charge in [-0.05, 0) is 25.8 Å². The molecule has 0 spiro atoms. The number of ether oxygens (including phenoxy) is 1. The first kappa shape index (κ1) is 21.9. The highest BCUT2D eigenvalue weighted by Crippen LogP contribution is 2.29. The van der Waals surface area contributed by atoms with Crippen LogP contribution in [0.5, 0.6) is 0 Å². The van der Waals surface area contributed by atoms with E-state index in [1.807, 2.05) is 20.8 Å². The van der Waals surface area contributed by atoms with Gasteiger partial charge in [0.2, 0.25) is 11.7 Å². The zero-order chi connectivity index (χ0) is 20.9. The lowest BCUT2D eigenvalue weighted by Gasteiger charge is -2.30. The predicted molar refractivity (Wildman–Crippen MR) is 96.1 cm³/mol. The molecule has 0 radical (unpaired) electrons. The fraction of sp³-hybridized carbons (Fsp3) is 0.526. The van der Waals surface area contributed by atoms with Crippen molar-refractivity contribution >= 4 is 5.91 Å². The lowest BCUT2D eigenvalue weighted by molar-refractivity contribution is -0.159. The van der Waals surface area contributed by atoms with Crippen LogP contribution in [0.1, 0.15) is 38.6 Å². The predicted octanol–water partition coefficient (Wildman–Crippen LogP) is 4.17. The Kier molecular flexibility index (Phi) is 7.17. The molecule has 0 fully saturated rings. The Morgan fingerprint density at radius 3 is 2.36 bits per heavy atom. The summed E-state index contributed by atoms with van der Waals surface area (Å²) >= 11 is 0. The van der Waals surface area contributed by atoms with Gasteiger partial charge in [-0.1, -0.05) is 36.3 Å². The summed E-state index contributed by atoms with van der Waals surface area (Å²) in [6.07, 6.45) is -4.00. The maximum absolute atomic E-state index is 12.8. The fourth-order valence-electron chi connectivity index (χ4n) is 2.73. The lowest BCUT2D eigenvalue weighted by atomic mass is 10.0. The molecule has 1 aromatic heterocycles. The minimum absolute atomic E-state index is 0.00960. The van der Waals surface area contributed by atoms with E-state index in [1.54, 1.807) is 36.3 Å². The average molecular weight is 399 g/mol. The first-order valence-electron chi connectivity index (χ1n) is 8.97. The van der Waals surface area contributed by atoms with Gasteiger partial charge in [-0.15, -0.1) is 0 Å². The normalized spacial score (nSPS) is 13.0. The van der Waals surface area contributed by atoms with E-state index in [1.165, 1.54) is 0 Å². The minimum Gasteiger partial charge on any atom is -0.384 e. The van der Waals surface area contributed by atoms with E-state index in [2.05, 4.69) is 14.7 Å². The number of methoxy groups -OCH3 is 1. The summed E-state index contributed by atoms with van der Waals surface area (Å²) in [7, 11) is 1.57. The van der Waals surface area contributed by atoms with Gasteiger partial charge in [0.1, 0.15) is 0 Å². The Morgan fingerprint density at radius 2 is 1.89 bits per heavy atom. The Hall–Kier alpha value is -2.42. The van der Waals surface area contributed by atoms with Gasteiger partial charge in [0.15, 0.2) is 0 Å². The number of benzene rings is 1. The Balaban J connectivity index is 2.15. The molecule has 0 N–H and O–H groups in total. The SMILES string of the molecule is CCC(COC)C(=O)N(Cc1ccc(-c2noc(C(F)(F)F)n2)cc1)C(C)C. The van der Waals surface area contributed by atoms with Gasteiger partial charge in [0.05, 0.1) is 12.5 Å². The van der Waals surface area contributed by atoms with Gasteiger partial charge >= 0.3 is 12.1 Å². The molecular weight excluding hydrogens is 375 g/mol. The van der Waals surface area contributed by atoms with E-state index < -0.39 is 12.1 Å². The van der Waals surface area contributed by atoms with Crippen molar-refractivity contribution in [3.05, 3.63) is 35.7 Å². The molecule has 0 aliphatic carbocycles. The number of carbonyl (C=O) groups is 1. The average Bonchev–Trinajstić information content (AvgIpc) is 3.14. The smallest absolute Gasteiger partial charge is 0.384 e. The number of alkyl halides is 3. The fourth-order valence-corrected chi connectivity index (χ4v) is 2.73. The molecule has 6 nitrogen and oxygen atoms in total. The lowest BCUT2D eigenvalue weighted by Crippen LogP contribution is -2.41. The highest BCUT2D eigenvalue weighted by molar-refractivity contribution is 5.79. The van der Waals surface area contributed by atoms with Gasteiger partial charge in [-0.25, -0.2) is 0 Å². The summed E-state index contributed by atoms with van der Waals surface area (Å²) in [6.45, 7) is 6.55. The molecule has 9 heteroatoms. The third-order valence-electron chi connectivity index (χ3n) is 4.35. The van der Waals surface area contributed by atoms with Gasteiger partial charge in [0.25, 0.3) is 0 Å². The van der Waals surface area contributed by atoms with E-state index in [0.717, 1.165) is 5.56 Å². The van der Waals surface area contributed by atoms with Gasteiger partial charge in [0, 0.05) is 25.3 Å². The van der Waals surface area contributed by atoms with Crippen molar-refractivity contribution in [1.82, 2.24) is 15.0 Å². The summed E-state index contributed by atoms with van der Waals surface area (Å²) < 4.78 is 47.1. The zero-order valence-corrected chi connectivity index (χ0v) is 16.3. The maximum Gasteiger partial charge on any atom is 0.471 e. The molecule has 0 aliphatic rings. The summed E-state index contributed by atoms with van der Waals surface area (Å²) in [5.74, 6) is -1.73. The number of rotatable bonds is 8. The van der Waals surface area contributed by atoms with E-state index >= 15 is 0 Å². The van der Waals surface area contributed by atoms with Crippen LogP contribution in [0.3, 0.4) is 0 Å². The molecule has 1 amide bonds. The van der Waals surface area contributed by atoms with Crippen molar-refractivity contribution < 1.29 is 27.2 Å². The van der Waals surface area contributed by atoms with Crippen molar-refractivity contribution in [3.63, 3.8) is 0 Å². The monoisotopic (exact) mass is 399 g/mol. The maximum atomic E-state index is 12.8. The standard InChI is InChI=1S/C19H24F3N3O3/c1-5-14(11-27-4)17(26)25(12(2)3)10-13-6-8-15(9-7-13)16-23-18(28-24-16)19(20,21)22/h6-9,12,14H,5,10-11H2,1-4H3. The van der Waals surface area contributed by atoms with Crippen LogP contribution in [0.25, 0.3) is 11.4 Å². The molecule has 0 saturated heterocycles. The van der Waals surface area contributed by atoms with Gasteiger partial charge in [-0.2, -0.15) is 18.2 Å². The Bertz CT molecular complexity index is 773. The number of hydrogen-bond donors (Lipinski definition) is 0. The van der Waals surface area contributed by atoms with Crippen LogP contribution in [0.2, 0.25) is 0 Å². The molecular formula is C19H24F3N3O3. The third kappa shape index (κ3) is 5.31. The zero-order valence-electron chi connectivity index (χ0n) is 16.3. The summed E-state index contributed by atoms with van der Waals surface area (Å²) in [5, 5.41) is 3.37. The van der Waals surface area contributed by atoms with Crippen molar-refractivity contribution in [2.45, 2.75) is 46.0 Å². The second-order valence-corrected chi connectivity index (χ2v) is 6.74. The van der Waals surface area contributed by atoms with Crippen LogP contribution < -0.4 is 0 Å². The molecule has 154 valence electrons. The molecule has 1 heterocycles. The Labute approximate surface area is 161 Å². The van der Waals surface area contributed by atoms with Crippen LogP contribution in [0.4, 0.5) is 13.2 Å². The highest BCUT2D eigenvalue weighted by Gasteiger charge is 2.38. The first-order chi connectivity index (χ1) is 13.2.